The summed E-state index contributed by atoms with van der Waals surface area (Å²) in [4.78, 5) is 2.51. The van der Waals surface area contributed by atoms with Gasteiger partial charge in [-0.1, -0.05) is 20.3 Å². The molecule has 1 aliphatic carbocycles. The second kappa shape index (κ2) is 6.49. The summed E-state index contributed by atoms with van der Waals surface area (Å²) in [5, 5.41) is 3.46. The van der Waals surface area contributed by atoms with Gasteiger partial charge >= 0.3 is 0 Å². The predicted molar refractivity (Wildman–Crippen MR) is 67.1 cm³/mol. The lowest BCUT2D eigenvalue weighted by molar-refractivity contribution is 0.244. The van der Waals surface area contributed by atoms with E-state index in [1.54, 1.807) is 0 Å². The van der Waals surface area contributed by atoms with Crippen molar-refractivity contribution < 1.29 is 0 Å². The molecule has 0 aromatic heterocycles. The van der Waals surface area contributed by atoms with Crippen LogP contribution >= 0.6 is 0 Å². The van der Waals surface area contributed by atoms with Crippen molar-refractivity contribution in [3.8, 4) is 0 Å². The molecular formula is C13H28N2. The van der Waals surface area contributed by atoms with Crippen LogP contribution in [0.2, 0.25) is 0 Å². The molecule has 1 fully saturated rings. The number of hydrogen-bond acceptors (Lipinski definition) is 2. The zero-order valence-corrected chi connectivity index (χ0v) is 10.9. The van der Waals surface area contributed by atoms with Gasteiger partial charge in [0.1, 0.15) is 0 Å². The minimum absolute atomic E-state index is 0.770. The minimum atomic E-state index is 0.770. The molecule has 0 amide bonds. The van der Waals surface area contributed by atoms with Crippen molar-refractivity contribution in [1.29, 1.82) is 0 Å². The Kier molecular flexibility index (Phi) is 5.62. The van der Waals surface area contributed by atoms with Crippen molar-refractivity contribution >= 4 is 0 Å². The summed E-state index contributed by atoms with van der Waals surface area (Å²) in [7, 11) is 4.38. The standard InChI is InChI=1S/C13H28N2/c1-11(2)8-9-15(4)10-12-6-5-7-13(12)14-3/h11-14H,5-10H2,1-4H3. The van der Waals surface area contributed by atoms with E-state index in [0.717, 1.165) is 17.9 Å². The molecule has 2 nitrogen and oxygen atoms in total. The van der Waals surface area contributed by atoms with Gasteiger partial charge in [-0.15, -0.1) is 0 Å². The van der Waals surface area contributed by atoms with Crippen LogP contribution in [-0.2, 0) is 0 Å². The van der Waals surface area contributed by atoms with E-state index < -0.39 is 0 Å². The SMILES string of the molecule is CNC1CCCC1CN(C)CCC(C)C. The molecule has 0 radical (unpaired) electrons. The van der Waals surface area contributed by atoms with E-state index in [-0.39, 0.29) is 0 Å². The molecule has 1 N–H and O–H groups in total. The molecule has 2 unspecified atom stereocenters. The fourth-order valence-corrected chi connectivity index (χ4v) is 2.61. The summed E-state index contributed by atoms with van der Waals surface area (Å²) in [5.41, 5.74) is 0. The first-order valence-corrected chi connectivity index (χ1v) is 6.49. The summed E-state index contributed by atoms with van der Waals surface area (Å²) < 4.78 is 0. The van der Waals surface area contributed by atoms with E-state index in [2.05, 4.69) is 38.2 Å². The third-order valence-electron chi connectivity index (χ3n) is 3.66. The molecule has 0 spiro atoms. The normalized spacial score (nSPS) is 26.8. The lowest BCUT2D eigenvalue weighted by Crippen LogP contribution is -2.36. The van der Waals surface area contributed by atoms with Gasteiger partial charge in [0.25, 0.3) is 0 Å². The first kappa shape index (κ1) is 13.0. The summed E-state index contributed by atoms with van der Waals surface area (Å²) in [6, 6.07) is 0.770. The molecule has 0 aromatic carbocycles. The molecule has 1 saturated carbocycles. The first-order chi connectivity index (χ1) is 7.13. The van der Waals surface area contributed by atoms with Crippen LogP contribution < -0.4 is 5.32 Å². The second-order valence-corrected chi connectivity index (χ2v) is 5.53. The summed E-state index contributed by atoms with van der Waals surface area (Å²) in [6.45, 7) is 7.14. The molecule has 2 atom stereocenters. The van der Waals surface area contributed by atoms with Crippen molar-refractivity contribution in [1.82, 2.24) is 10.2 Å². The monoisotopic (exact) mass is 212 g/mol. The van der Waals surface area contributed by atoms with Crippen LogP contribution in [0.15, 0.2) is 0 Å². The Bertz CT molecular complexity index is 168. The van der Waals surface area contributed by atoms with E-state index in [9.17, 15) is 0 Å². The molecule has 2 heteroatoms. The smallest absolute Gasteiger partial charge is 0.0104 e. The Morgan fingerprint density at radius 1 is 1.33 bits per heavy atom. The van der Waals surface area contributed by atoms with Crippen molar-refractivity contribution in [3.05, 3.63) is 0 Å². The molecule has 0 bridgehead atoms. The van der Waals surface area contributed by atoms with Crippen LogP contribution in [0, 0.1) is 11.8 Å². The van der Waals surface area contributed by atoms with Crippen LogP contribution in [0.3, 0.4) is 0 Å². The van der Waals surface area contributed by atoms with E-state index in [4.69, 9.17) is 0 Å². The molecule has 0 aliphatic heterocycles. The fraction of sp³-hybridized carbons (Fsp3) is 1.00. The highest BCUT2D eigenvalue weighted by molar-refractivity contribution is 4.83. The molecule has 1 aliphatic rings. The van der Waals surface area contributed by atoms with Crippen LogP contribution in [0.5, 0.6) is 0 Å². The average Bonchev–Trinajstić information content (AvgIpc) is 2.62. The second-order valence-electron chi connectivity index (χ2n) is 5.53. The predicted octanol–water partition coefficient (Wildman–Crippen LogP) is 2.35. The highest BCUT2D eigenvalue weighted by Crippen LogP contribution is 2.26. The highest BCUT2D eigenvalue weighted by Gasteiger charge is 2.26. The van der Waals surface area contributed by atoms with Crippen molar-refractivity contribution in [2.45, 2.75) is 45.6 Å². The Labute approximate surface area is 95.4 Å². The lowest BCUT2D eigenvalue weighted by atomic mass is 10.0. The van der Waals surface area contributed by atoms with Crippen LogP contribution in [0.1, 0.15) is 39.5 Å². The maximum Gasteiger partial charge on any atom is 0.0104 e. The molecule has 0 aromatic rings. The van der Waals surface area contributed by atoms with Crippen molar-refractivity contribution in [2.24, 2.45) is 11.8 Å². The summed E-state index contributed by atoms with van der Waals surface area (Å²) >= 11 is 0. The Morgan fingerprint density at radius 2 is 2.07 bits per heavy atom. The van der Waals surface area contributed by atoms with Crippen molar-refractivity contribution in [2.75, 3.05) is 27.2 Å². The average molecular weight is 212 g/mol. The number of hydrogen-bond donors (Lipinski definition) is 1. The third kappa shape index (κ3) is 4.52. The molecule has 0 saturated heterocycles. The Hall–Kier alpha value is -0.0800. The fourth-order valence-electron chi connectivity index (χ4n) is 2.61. The molecule has 1 rings (SSSR count). The van der Waals surface area contributed by atoms with Gasteiger partial charge in [-0.25, -0.2) is 0 Å². The lowest BCUT2D eigenvalue weighted by Gasteiger charge is -2.25. The van der Waals surface area contributed by atoms with Gasteiger partial charge in [-0.05, 0) is 51.7 Å². The molecule has 15 heavy (non-hydrogen) atoms. The van der Waals surface area contributed by atoms with E-state index in [0.29, 0.717) is 0 Å². The van der Waals surface area contributed by atoms with Crippen LogP contribution in [-0.4, -0.2) is 38.1 Å². The zero-order valence-electron chi connectivity index (χ0n) is 10.9. The van der Waals surface area contributed by atoms with Crippen LogP contribution in [0.25, 0.3) is 0 Å². The largest absolute Gasteiger partial charge is 0.317 e. The van der Waals surface area contributed by atoms with E-state index in [1.807, 2.05) is 0 Å². The third-order valence-corrected chi connectivity index (χ3v) is 3.66. The van der Waals surface area contributed by atoms with Gasteiger partial charge in [0, 0.05) is 12.6 Å². The molecule has 90 valence electrons. The van der Waals surface area contributed by atoms with Gasteiger partial charge in [0.05, 0.1) is 0 Å². The Morgan fingerprint density at radius 3 is 2.67 bits per heavy atom. The van der Waals surface area contributed by atoms with Gasteiger partial charge < -0.3 is 10.2 Å². The van der Waals surface area contributed by atoms with E-state index in [1.165, 1.54) is 38.8 Å². The van der Waals surface area contributed by atoms with Crippen LogP contribution in [0.4, 0.5) is 0 Å². The number of nitrogens with zero attached hydrogens (tertiary/aromatic N) is 1. The topological polar surface area (TPSA) is 15.3 Å². The first-order valence-electron chi connectivity index (χ1n) is 6.49. The van der Waals surface area contributed by atoms with Gasteiger partial charge in [-0.3, -0.25) is 0 Å². The summed E-state index contributed by atoms with van der Waals surface area (Å²) in [5.74, 6) is 1.71. The number of rotatable bonds is 6. The highest BCUT2D eigenvalue weighted by atomic mass is 15.1. The maximum atomic E-state index is 3.46. The number of nitrogens with one attached hydrogen (secondary N) is 1. The van der Waals surface area contributed by atoms with Gasteiger partial charge in [-0.2, -0.15) is 0 Å². The van der Waals surface area contributed by atoms with Gasteiger partial charge in [0.15, 0.2) is 0 Å². The molecule has 0 heterocycles. The van der Waals surface area contributed by atoms with Gasteiger partial charge in [0.2, 0.25) is 0 Å². The van der Waals surface area contributed by atoms with Crippen molar-refractivity contribution in [3.63, 3.8) is 0 Å². The van der Waals surface area contributed by atoms with E-state index >= 15 is 0 Å². The quantitative estimate of drug-likeness (QED) is 0.727. The molecular weight excluding hydrogens is 184 g/mol. The Balaban J connectivity index is 2.21. The summed E-state index contributed by atoms with van der Waals surface area (Å²) in [6.07, 6.45) is 5.53. The zero-order chi connectivity index (χ0) is 11.3. The minimum Gasteiger partial charge on any atom is -0.317 e. The maximum absolute atomic E-state index is 3.46.